The molecule has 6 unspecified atom stereocenters. The first-order valence-corrected chi connectivity index (χ1v) is 32.3. The summed E-state index contributed by atoms with van der Waals surface area (Å²) in [5, 5.41) is 31.5. The van der Waals surface area contributed by atoms with Crippen molar-refractivity contribution in [2.45, 2.75) is 327 Å². The van der Waals surface area contributed by atoms with Crippen LogP contribution in [0.5, 0.6) is 0 Å². The fraction of sp³-hybridized carbons (Fsp3) is 0.791. The molecular formula is C67H116O12. The van der Waals surface area contributed by atoms with Gasteiger partial charge in [0.25, 0.3) is 0 Å². The average Bonchev–Trinajstić information content (AvgIpc) is 3.44. The highest BCUT2D eigenvalue weighted by Crippen LogP contribution is 2.26. The lowest BCUT2D eigenvalue weighted by Gasteiger charge is -2.40. The van der Waals surface area contributed by atoms with Gasteiger partial charge in [0, 0.05) is 12.8 Å². The quantitative estimate of drug-likeness (QED) is 0.0228. The molecule has 1 fully saturated rings. The van der Waals surface area contributed by atoms with E-state index in [2.05, 4.69) is 57.2 Å². The van der Waals surface area contributed by atoms with E-state index in [1.165, 1.54) is 167 Å². The van der Waals surface area contributed by atoms with Gasteiger partial charge in [0.15, 0.2) is 24.6 Å². The minimum absolute atomic E-state index is 0.157. The number of carboxylic acids is 1. The fourth-order valence-electron chi connectivity index (χ4n) is 9.74. The van der Waals surface area contributed by atoms with E-state index in [0.717, 1.165) is 64.2 Å². The van der Waals surface area contributed by atoms with E-state index >= 15 is 0 Å². The Bertz CT molecular complexity index is 1600. The molecule has 0 spiro atoms. The summed E-state index contributed by atoms with van der Waals surface area (Å²) < 4.78 is 28.4. The van der Waals surface area contributed by atoms with Gasteiger partial charge in [0.2, 0.25) is 0 Å². The maximum absolute atomic E-state index is 13.2. The molecule has 0 bridgehead atoms. The van der Waals surface area contributed by atoms with Crippen LogP contribution < -0.4 is 0 Å². The molecule has 0 aromatic rings. The molecule has 3 N–H and O–H groups in total. The van der Waals surface area contributed by atoms with Gasteiger partial charge in [-0.05, 0) is 44.9 Å². The van der Waals surface area contributed by atoms with Crippen molar-refractivity contribution in [2.24, 2.45) is 0 Å². The van der Waals surface area contributed by atoms with Crippen LogP contribution in [-0.2, 0) is 42.9 Å². The van der Waals surface area contributed by atoms with Crippen molar-refractivity contribution >= 4 is 23.9 Å². The molecule has 1 aliphatic heterocycles. The highest BCUT2D eigenvalue weighted by atomic mass is 16.7. The average molecular weight is 1110 g/mol. The second-order valence-electron chi connectivity index (χ2n) is 22.1. The Balaban J connectivity index is 2.68. The van der Waals surface area contributed by atoms with Gasteiger partial charge in [-0.3, -0.25) is 14.4 Å². The lowest BCUT2D eigenvalue weighted by atomic mass is 9.98. The molecule has 6 atom stereocenters. The van der Waals surface area contributed by atoms with Crippen molar-refractivity contribution in [2.75, 3.05) is 13.2 Å². The van der Waals surface area contributed by atoms with Crippen molar-refractivity contribution in [3.05, 3.63) is 60.8 Å². The lowest BCUT2D eigenvalue weighted by molar-refractivity contribution is -0.301. The number of ether oxygens (including phenoxy) is 5. The predicted octanol–water partition coefficient (Wildman–Crippen LogP) is 17.1. The van der Waals surface area contributed by atoms with Gasteiger partial charge in [-0.2, -0.15) is 0 Å². The Kier molecular flexibility index (Phi) is 51.1. The zero-order valence-electron chi connectivity index (χ0n) is 50.4. The van der Waals surface area contributed by atoms with Crippen molar-refractivity contribution < 1.29 is 58.2 Å². The number of aliphatic hydroxyl groups is 2. The molecule has 0 radical (unpaired) electrons. The number of carbonyl (C=O) groups is 4. The first-order chi connectivity index (χ1) is 38.6. The molecule has 0 aromatic heterocycles. The largest absolute Gasteiger partial charge is 0.479 e. The molecule has 1 aliphatic rings. The third-order valence-electron chi connectivity index (χ3n) is 14.6. The summed E-state index contributed by atoms with van der Waals surface area (Å²) in [4.78, 5) is 51.2. The third kappa shape index (κ3) is 44.7. The molecule has 12 heteroatoms. The predicted molar refractivity (Wildman–Crippen MR) is 322 cm³/mol. The molecule has 1 heterocycles. The maximum atomic E-state index is 13.2. The number of hydrogen-bond acceptors (Lipinski definition) is 11. The van der Waals surface area contributed by atoms with Crippen LogP contribution in [0.15, 0.2) is 60.8 Å². The van der Waals surface area contributed by atoms with E-state index in [0.29, 0.717) is 19.3 Å². The Labute approximate surface area is 481 Å². The number of aliphatic carboxylic acids is 1. The molecule has 456 valence electrons. The van der Waals surface area contributed by atoms with E-state index in [1.54, 1.807) is 12.2 Å². The van der Waals surface area contributed by atoms with E-state index in [9.17, 15) is 34.5 Å². The third-order valence-corrected chi connectivity index (χ3v) is 14.6. The van der Waals surface area contributed by atoms with Crippen LogP contribution >= 0.6 is 0 Å². The zero-order chi connectivity index (χ0) is 57.5. The number of hydrogen-bond donors (Lipinski definition) is 3. The van der Waals surface area contributed by atoms with E-state index < -0.39 is 67.3 Å². The van der Waals surface area contributed by atoms with Crippen LogP contribution in [0.4, 0.5) is 0 Å². The van der Waals surface area contributed by atoms with Gasteiger partial charge in [-0.1, -0.05) is 287 Å². The van der Waals surface area contributed by atoms with Gasteiger partial charge in [-0.25, -0.2) is 4.79 Å². The summed E-state index contributed by atoms with van der Waals surface area (Å²) in [6.45, 7) is 5.88. The number of aliphatic hydroxyl groups excluding tert-OH is 2. The number of carboxylic acid groups (broad SMARTS) is 1. The summed E-state index contributed by atoms with van der Waals surface area (Å²) in [7, 11) is 0. The first kappa shape index (κ1) is 73.4. The molecule has 12 nitrogen and oxygen atoms in total. The van der Waals surface area contributed by atoms with Gasteiger partial charge < -0.3 is 39.0 Å². The molecule has 0 amide bonds. The van der Waals surface area contributed by atoms with Crippen molar-refractivity contribution in [3.63, 3.8) is 0 Å². The zero-order valence-corrected chi connectivity index (χ0v) is 50.4. The first-order valence-electron chi connectivity index (χ1n) is 32.3. The van der Waals surface area contributed by atoms with Crippen molar-refractivity contribution in [1.82, 2.24) is 0 Å². The van der Waals surface area contributed by atoms with Gasteiger partial charge in [-0.15, -0.1) is 0 Å². The maximum Gasteiger partial charge on any atom is 0.335 e. The number of rotatable bonds is 55. The van der Waals surface area contributed by atoms with E-state index in [1.807, 2.05) is 12.2 Å². The standard InChI is InChI=1S/C67H116O12/c1-4-7-10-13-16-19-22-25-28-29-30-31-34-35-38-41-44-47-50-53-59(68)75-56-58(77-60(69)54-51-48-45-42-39-36-32-26-23-20-17-14-11-8-5-2)57-76-67-65(63(72)62(71)64(79-67)66(73)74)78-61(70)55-52-49-46-43-40-37-33-27-24-21-18-15-12-9-6-3/h9,12,18,21,27,33,40,43,49,52,58,62-65,67,71-72H,4-8,10-11,13-17,19-20,22-26,28-32,34-39,41-42,44-48,50-51,53-57H2,1-3H3,(H,73,74)/b12-9-,21-18-,33-27-,43-40-,52-49-. The summed E-state index contributed by atoms with van der Waals surface area (Å²) in [6, 6.07) is 0. The second kappa shape index (κ2) is 55.0. The van der Waals surface area contributed by atoms with Crippen molar-refractivity contribution in [1.29, 1.82) is 0 Å². The normalized spacial score (nSPS) is 18.2. The van der Waals surface area contributed by atoms with Crippen LogP contribution in [0, 0.1) is 0 Å². The molecule has 0 saturated carbocycles. The van der Waals surface area contributed by atoms with Crippen LogP contribution in [-0.4, -0.2) is 89.2 Å². The fourth-order valence-corrected chi connectivity index (χ4v) is 9.74. The van der Waals surface area contributed by atoms with Crippen LogP contribution in [0.25, 0.3) is 0 Å². The van der Waals surface area contributed by atoms with Gasteiger partial charge in [0.05, 0.1) is 13.0 Å². The lowest BCUT2D eigenvalue weighted by Crippen LogP contribution is -2.61. The second-order valence-corrected chi connectivity index (χ2v) is 22.1. The topological polar surface area (TPSA) is 175 Å². The molecule has 1 saturated heterocycles. The SMILES string of the molecule is CC/C=C\C/C=C\C/C=C\C/C=C\C/C=C\CC(=O)OC1C(OCC(COC(=O)CCCCCCCCCCCCCCCCCCCCC)OC(=O)CCCCCCCCCCCCCCCCC)OC(C(=O)O)C(O)C1O. The number of esters is 3. The Morgan fingerprint density at radius 3 is 1.16 bits per heavy atom. The minimum atomic E-state index is -1.93. The van der Waals surface area contributed by atoms with Gasteiger partial charge >= 0.3 is 23.9 Å². The number of carbonyl (C=O) groups excluding carboxylic acids is 3. The smallest absolute Gasteiger partial charge is 0.335 e. The molecule has 79 heavy (non-hydrogen) atoms. The summed E-state index contributed by atoms with van der Waals surface area (Å²) >= 11 is 0. The summed E-state index contributed by atoms with van der Waals surface area (Å²) in [6.07, 6.45) is 56.4. The van der Waals surface area contributed by atoms with Crippen molar-refractivity contribution in [3.8, 4) is 0 Å². The Morgan fingerprint density at radius 2 is 0.785 bits per heavy atom. The minimum Gasteiger partial charge on any atom is -0.479 e. The molecule has 0 aliphatic carbocycles. The van der Waals surface area contributed by atoms with E-state index in [4.69, 9.17) is 23.7 Å². The Hall–Kier alpha value is -3.58. The highest BCUT2D eigenvalue weighted by molar-refractivity contribution is 5.74. The Morgan fingerprint density at radius 1 is 0.430 bits per heavy atom. The van der Waals surface area contributed by atoms with Crippen LogP contribution in [0.3, 0.4) is 0 Å². The molecule has 1 rings (SSSR count). The molecule has 0 aromatic carbocycles. The number of allylic oxidation sites excluding steroid dienone is 9. The summed E-state index contributed by atoms with van der Waals surface area (Å²) in [5.41, 5.74) is 0. The molecular weight excluding hydrogens is 997 g/mol. The van der Waals surface area contributed by atoms with E-state index in [-0.39, 0.29) is 25.9 Å². The van der Waals surface area contributed by atoms with Gasteiger partial charge in [0.1, 0.15) is 18.8 Å². The monoisotopic (exact) mass is 1110 g/mol. The van der Waals surface area contributed by atoms with Crippen LogP contribution in [0.2, 0.25) is 0 Å². The highest BCUT2D eigenvalue weighted by Gasteiger charge is 2.50. The van der Waals surface area contributed by atoms with Crippen LogP contribution in [0.1, 0.15) is 290 Å². The number of unbranched alkanes of at least 4 members (excludes halogenated alkanes) is 32. The summed E-state index contributed by atoms with van der Waals surface area (Å²) in [5.74, 6) is -3.25.